The Hall–Kier alpha value is -8.13. The third-order valence-corrected chi connectivity index (χ3v) is 11.7. The van der Waals surface area contributed by atoms with Crippen molar-refractivity contribution in [3.05, 3.63) is 132 Å². The number of nitriles is 1. The maximum atomic E-state index is 13.9. The highest BCUT2D eigenvalue weighted by Crippen LogP contribution is 2.34. The van der Waals surface area contributed by atoms with Crippen LogP contribution in [0.2, 0.25) is 0 Å². The van der Waals surface area contributed by atoms with Crippen molar-refractivity contribution < 1.29 is 38.2 Å². The molecule has 336 valence electrons. The Morgan fingerprint density at radius 3 is 2.38 bits per heavy atom. The van der Waals surface area contributed by atoms with E-state index in [1.807, 2.05) is 77.7 Å². The van der Waals surface area contributed by atoms with Gasteiger partial charge in [-0.15, -0.1) is 0 Å². The first-order chi connectivity index (χ1) is 32.1. The molecule has 2 aromatic heterocycles. The first-order valence-corrected chi connectivity index (χ1v) is 21.8. The second-order valence-corrected chi connectivity index (χ2v) is 16.1. The molecule has 0 radical (unpaired) electrons. The number of piperidine rings is 1. The number of urea groups is 1. The van der Waals surface area contributed by atoms with Crippen LogP contribution in [0.25, 0.3) is 11.1 Å². The first kappa shape index (κ1) is 44.5. The zero-order valence-electron chi connectivity index (χ0n) is 35.9. The van der Waals surface area contributed by atoms with Crippen molar-refractivity contribution in [2.45, 2.75) is 69.6 Å². The minimum absolute atomic E-state index is 0.000603. The van der Waals surface area contributed by atoms with Crippen LogP contribution in [0.15, 0.2) is 109 Å². The Kier molecular flexibility index (Phi) is 13.9. The molecule has 17 heteroatoms. The molecule has 3 aliphatic rings. The number of pyridine rings is 2. The van der Waals surface area contributed by atoms with E-state index in [-0.39, 0.29) is 61.0 Å². The standard InChI is InChI=1S/C49H47N9O8/c50-27-32-10-20-41(53-29-32)55-35-13-17-37(18-14-35)57(49(64)54-28-31-6-2-1-3-7-31)36-15-11-33(12-16-36)34-22-24-52-44(26-34)65-25-5-23-51-43(60)30-66-40-9-4-8-38-45(40)48(63)58(47(38)62)39-19-21-42(59)56-46(39)61/h1-4,6-12,15-16,20,22,24,26,29,35,37,39H,5,13-14,17-19,21,23,25,28,30H2,(H,51,60)(H,53,55)(H,54,64)(H,56,59,61). The van der Waals surface area contributed by atoms with Crippen molar-refractivity contribution in [2.75, 3.05) is 30.0 Å². The Bertz CT molecular complexity index is 2650. The summed E-state index contributed by atoms with van der Waals surface area (Å²) in [5, 5.41) is 20.6. The molecule has 5 aromatic rings. The molecule has 7 amide bonds. The third kappa shape index (κ3) is 10.5. The highest BCUT2D eigenvalue weighted by atomic mass is 16.5. The van der Waals surface area contributed by atoms with Gasteiger partial charge in [0.15, 0.2) is 6.61 Å². The van der Waals surface area contributed by atoms with Gasteiger partial charge in [-0.1, -0.05) is 48.5 Å². The first-order valence-electron chi connectivity index (χ1n) is 21.8. The minimum Gasteiger partial charge on any atom is -0.483 e. The van der Waals surface area contributed by atoms with Crippen molar-refractivity contribution in [1.29, 1.82) is 5.26 Å². The van der Waals surface area contributed by atoms with E-state index in [2.05, 4.69) is 37.3 Å². The van der Waals surface area contributed by atoms with Gasteiger partial charge in [0.1, 0.15) is 23.7 Å². The Morgan fingerprint density at radius 2 is 1.64 bits per heavy atom. The summed E-state index contributed by atoms with van der Waals surface area (Å²) in [7, 11) is 0. The minimum atomic E-state index is -1.12. The Morgan fingerprint density at radius 1 is 0.833 bits per heavy atom. The molecule has 2 fully saturated rings. The van der Waals surface area contributed by atoms with Crippen molar-refractivity contribution in [3.63, 3.8) is 0 Å². The fourth-order valence-electron chi connectivity index (χ4n) is 8.34. The zero-order chi connectivity index (χ0) is 46.0. The number of hydrogen-bond donors (Lipinski definition) is 4. The van der Waals surface area contributed by atoms with Crippen molar-refractivity contribution in [1.82, 2.24) is 30.8 Å². The van der Waals surface area contributed by atoms with E-state index < -0.39 is 42.2 Å². The van der Waals surface area contributed by atoms with Gasteiger partial charge in [-0.3, -0.25) is 39.1 Å². The number of aromatic nitrogens is 2. The van der Waals surface area contributed by atoms with Gasteiger partial charge >= 0.3 is 6.03 Å². The monoisotopic (exact) mass is 889 g/mol. The normalized spacial score (nSPS) is 17.8. The summed E-state index contributed by atoms with van der Waals surface area (Å²) in [4.78, 5) is 88.5. The molecule has 0 bridgehead atoms. The van der Waals surface area contributed by atoms with Gasteiger partial charge in [0, 0.05) is 55.7 Å². The topological polar surface area (TPSA) is 225 Å². The van der Waals surface area contributed by atoms with Gasteiger partial charge in [0.2, 0.25) is 17.7 Å². The summed E-state index contributed by atoms with van der Waals surface area (Å²) in [6.07, 6.45) is 6.94. The van der Waals surface area contributed by atoms with E-state index >= 15 is 0 Å². The van der Waals surface area contributed by atoms with Crippen LogP contribution in [0.4, 0.5) is 16.3 Å². The van der Waals surface area contributed by atoms with Crippen LogP contribution in [-0.2, 0) is 20.9 Å². The van der Waals surface area contributed by atoms with Crippen LogP contribution in [0.3, 0.4) is 0 Å². The largest absolute Gasteiger partial charge is 0.483 e. The number of fused-ring (bicyclic) bond motifs is 1. The molecule has 1 unspecified atom stereocenters. The molecule has 1 atom stereocenters. The molecule has 8 rings (SSSR count). The Labute approximate surface area is 380 Å². The second-order valence-electron chi connectivity index (χ2n) is 16.1. The van der Waals surface area contributed by atoms with E-state index in [0.717, 1.165) is 58.8 Å². The quantitative estimate of drug-likeness (QED) is 0.0710. The number of imide groups is 2. The van der Waals surface area contributed by atoms with Crippen LogP contribution < -0.4 is 35.6 Å². The summed E-state index contributed by atoms with van der Waals surface area (Å²) in [6.45, 7) is 0.492. The molecule has 4 heterocycles. The number of anilines is 2. The number of amides is 7. The van der Waals surface area contributed by atoms with Gasteiger partial charge in [-0.2, -0.15) is 5.26 Å². The van der Waals surface area contributed by atoms with Crippen LogP contribution in [-0.4, -0.2) is 88.3 Å². The molecular weight excluding hydrogens is 843 g/mol. The summed E-state index contributed by atoms with van der Waals surface area (Å²) in [5.74, 6) is -1.87. The zero-order valence-corrected chi connectivity index (χ0v) is 35.9. The molecule has 1 saturated heterocycles. The maximum Gasteiger partial charge on any atom is 0.322 e. The molecule has 1 saturated carbocycles. The lowest BCUT2D eigenvalue weighted by Gasteiger charge is -2.37. The predicted molar refractivity (Wildman–Crippen MR) is 241 cm³/mol. The summed E-state index contributed by atoms with van der Waals surface area (Å²) < 4.78 is 11.6. The smallest absolute Gasteiger partial charge is 0.322 e. The van der Waals surface area contributed by atoms with Crippen LogP contribution in [0, 0.1) is 11.3 Å². The summed E-state index contributed by atoms with van der Waals surface area (Å²) in [6, 6.07) is 30.3. The number of benzene rings is 3. The van der Waals surface area contributed by atoms with Crippen molar-refractivity contribution in [2.24, 2.45) is 0 Å². The van der Waals surface area contributed by atoms with E-state index in [0.29, 0.717) is 24.4 Å². The van der Waals surface area contributed by atoms with Gasteiger partial charge in [-0.05, 0) is 97.7 Å². The van der Waals surface area contributed by atoms with Gasteiger partial charge in [0.05, 0.1) is 23.3 Å². The van der Waals surface area contributed by atoms with E-state index in [1.165, 1.54) is 18.2 Å². The molecule has 3 aromatic carbocycles. The average molecular weight is 890 g/mol. The molecule has 4 N–H and O–H groups in total. The second kappa shape index (κ2) is 20.6. The number of carbonyl (C=O) groups excluding carboxylic acids is 6. The van der Waals surface area contributed by atoms with Crippen molar-refractivity contribution >= 4 is 47.1 Å². The molecule has 2 aliphatic heterocycles. The van der Waals surface area contributed by atoms with E-state index in [9.17, 15) is 28.8 Å². The van der Waals surface area contributed by atoms with E-state index in [1.54, 1.807) is 18.5 Å². The Balaban J connectivity index is 0.823. The lowest BCUT2D eigenvalue weighted by atomic mass is 9.89. The third-order valence-electron chi connectivity index (χ3n) is 11.7. The summed E-state index contributed by atoms with van der Waals surface area (Å²) in [5.41, 5.74) is 4.08. The molecule has 66 heavy (non-hydrogen) atoms. The van der Waals surface area contributed by atoms with E-state index in [4.69, 9.17) is 14.7 Å². The maximum absolute atomic E-state index is 13.9. The fraction of sp³-hybridized carbons (Fsp3) is 0.286. The number of hydrogen-bond acceptors (Lipinski definition) is 12. The molecule has 0 spiro atoms. The lowest BCUT2D eigenvalue weighted by Crippen LogP contribution is -2.54. The average Bonchev–Trinajstić information content (AvgIpc) is 3.60. The summed E-state index contributed by atoms with van der Waals surface area (Å²) >= 11 is 0. The lowest BCUT2D eigenvalue weighted by molar-refractivity contribution is -0.136. The number of nitrogens with one attached hydrogen (secondary N) is 4. The van der Waals surface area contributed by atoms with Gasteiger partial charge in [0.25, 0.3) is 17.7 Å². The highest BCUT2D eigenvalue weighted by Gasteiger charge is 2.46. The SMILES string of the molecule is N#Cc1ccc(NC2CCC(N(C(=O)NCc3ccccc3)c3ccc(-c4ccnc(OCCCNC(=O)COc5cccc6c5C(=O)N(C5CCC(=O)NC5=O)C6=O)c4)cc3)CC2)nc1. The van der Waals surface area contributed by atoms with Crippen LogP contribution >= 0.6 is 0 Å². The fourth-order valence-corrected chi connectivity index (χ4v) is 8.34. The predicted octanol–water partition coefficient (Wildman–Crippen LogP) is 5.52. The van der Waals surface area contributed by atoms with Crippen LogP contribution in [0.5, 0.6) is 11.6 Å². The van der Waals surface area contributed by atoms with Crippen molar-refractivity contribution in [3.8, 4) is 28.8 Å². The van der Waals surface area contributed by atoms with Gasteiger partial charge in [-0.25, -0.2) is 14.8 Å². The molecule has 1 aliphatic carbocycles. The number of carbonyl (C=O) groups is 6. The highest BCUT2D eigenvalue weighted by molar-refractivity contribution is 6.24. The number of nitrogens with zero attached hydrogens (tertiary/aromatic N) is 5. The molecule has 17 nitrogen and oxygen atoms in total. The van der Waals surface area contributed by atoms with Gasteiger partial charge < -0.3 is 25.4 Å². The van der Waals surface area contributed by atoms with Crippen LogP contribution in [0.1, 0.15) is 76.8 Å². The number of rotatable bonds is 16. The molecular formula is C49H47N9O8. The number of ether oxygens (including phenoxy) is 2.